The fraction of sp³-hybridized carbons (Fsp3) is 1.00. The molecule has 1 rings (SSSR count). The quantitative estimate of drug-likeness (QED) is 0.601. The highest BCUT2D eigenvalue weighted by Gasteiger charge is 2.27. The first kappa shape index (κ1) is 9.95. The molecule has 0 radical (unpaired) electrons. The Hall–Kier alpha value is -0.130. The van der Waals surface area contributed by atoms with Crippen molar-refractivity contribution in [3.05, 3.63) is 0 Å². The van der Waals surface area contributed by atoms with Crippen LogP contribution in [-0.4, -0.2) is 46.1 Å². The summed E-state index contributed by atoms with van der Waals surface area (Å²) < 4.78 is 22.8. The minimum Gasteiger partial charge on any atom is -0.320 e. The molecule has 1 saturated heterocycles. The molecular weight excluding hydrogens is 176 g/mol. The minimum absolute atomic E-state index is 0.182. The molecule has 1 aliphatic rings. The molecule has 0 aromatic rings. The maximum absolute atomic E-state index is 11.4. The van der Waals surface area contributed by atoms with Crippen LogP contribution < -0.4 is 10.6 Å². The highest BCUT2D eigenvalue weighted by atomic mass is 32.2. The second-order valence-corrected chi connectivity index (χ2v) is 5.49. The summed E-state index contributed by atoms with van der Waals surface area (Å²) in [5.41, 5.74) is 0. The van der Waals surface area contributed by atoms with Crippen LogP contribution in [0.25, 0.3) is 0 Å². The second kappa shape index (κ2) is 4.20. The first-order valence-electron chi connectivity index (χ1n) is 4.23. The fourth-order valence-electron chi connectivity index (χ4n) is 1.36. The summed E-state index contributed by atoms with van der Waals surface area (Å²) in [6.07, 6.45) is 0.714. The third-order valence-corrected chi connectivity index (χ3v) is 4.35. The van der Waals surface area contributed by atoms with E-state index >= 15 is 0 Å². The molecule has 5 heteroatoms. The Kier molecular flexibility index (Phi) is 3.49. The van der Waals surface area contributed by atoms with E-state index in [4.69, 9.17) is 0 Å². The van der Waals surface area contributed by atoms with Gasteiger partial charge in [-0.15, -0.1) is 0 Å². The molecule has 1 aliphatic heterocycles. The molecule has 12 heavy (non-hydrogen) atoms. The Morgan fingerprint density at radius 2 is 2.33 bits per heavy atom. The first-order valence-corrected chi connectivity index (χ1v) is 5.95. The van der Waals surface area contributed by atoms with Gasteiger partial charge in [0.2, 0.25) is 0 Å². The second-order valence-electron chi connectivity index (χ2n) is 3.09. The molecule has 0 saturated carbocycles. The van der Waals surface area contributed by atoms with E-state index in [0.717, 1.165) is 6.54 Å². The summed E-state index contributed by atoms with van der Waals surface area (Å²) in [6, 6.07) is 0. The Morgan fingerprint density at radius 1 is 1.58 bits per heavy atom. The molecule has 0 aromatic heterocycles. The molecule has 0 aliphatic carbocycles. The Balaban J connectivity index is 2.49. The van der Waals surface area contributed by atoms with Crippen LogP contribution in [0.5, 0.6) is 0 Å². The summed E-state index contributed by atoms with van der Waals surface area (Å²) >= 11 is 0. The number of hydrogen-bond acceptors (Lipinski definition) is 4. The summed E-state index contributed by atoms with van der Waals surface area (Å²) in [7, 11) is -0.962. The molecular formula is C7H16N2O2S. The zero-order valence-electron chi connectivity index (χ0n) is 7.34. The van der Waals surface area contributed by atoms with Crippen LogP contribution in [0, 0.1) is 0 Å². The molecule has 4 nitrogen and oxygen atoms in total. The fourth-order valence-corrected chi connectivity index (χ4v) is 2.97. The highest BCUT2D eigenvalue weighted by molar-refractivity contribution is 7.92. The molecule has 0 spiro atoms. The lowest BCUT2D eigenvalue weighted by Gasteiger charge is -2.22. The molecule has 1 heterocycles. The zero-order valence-corrected chi connectivity index (χ0v) is 8.15. The number of hydrogen-bond donors (Lipinski definition) is 2. The van der Waals surface area contributed by atoms with Crippen molar-refractivity contribution in [3.8, 4) is 0 Å². The van der Waals surface area contributed by atoms with E-state index in [1.807, 2.05) is 7.05 Å². The van der Waals surface area contributed by atoms with Crippen molar-refractivity contribution in [1.82, 2.24) is 10.6 Å². The molecule has 0 aromatic carbocycles. The highest BCUT2D eigenvalue weighted by Crippen LogP contribution is 2.08. The third-order valence-electron chi connectivity index (χ3n) is 2.16. The van der Waals surface area contributed by atoms with Gasteiger partial charge in [-0.25, -0.2) is 8.42 Å². The van der Waals surface area contributed by atoms with Crippen LogP contribution in [0.3, 0.4) is 0 Å². The van der Waals surface area contributed by atoms with E-state index in [2.05, 4.69) is 10.6 Å². The summed E-state index contributed by atoms with van der Waals surface area (Å²) in [4.78, 5) is 0. The Labute approximate surface area is 73.6 Å². The van der Waals surface area contributed by atoms with Gasteiger partial charge in [-0.3, -0.25) is 0 Å². The van der Waals surface area contributed by atoms with Gasteiger partial charge in [0, 0.05) is 13.1 Å². The van der Waals surface area contributed by atoms with E-state index in [1.165, 1.54) is 0 Å². The predicted octanol–water partition coefficient (Wildman–Crippen LogP) is -1.02. The van der Waals surface area contributed by atoms with Crippen molar-refractivity contribution >= 4 is 9.84 Å². The first-order chi connectivity index (χ1) is 5.67. The summed E-state index contributed by atoms with van der Waals surface area (Å²) in [5.74, 6) is 0.293. The van der Waals surface area contributed by atoms with E-state index in [1.54, 1.807) is 0 Å². The van der Waals surface area contributed by atoms with Gasteiger partial charge < -0.3 is 10.6 Å². The van der Waals surface area contributed by atoms with Gasteiger partial charge in [0.15, 0.2) is 9.84 Å². The number of nitrogens with one attached hydrogen (secondary N) is 2. The van der Waals surface area contributed by atoms with Crippen LogP contribution >= 0.6 is 0 Å². The molecule has 0 bridgehead atoms. The molecule has 0 amide bonds. The maximum atomic E-state index is 11.4. The normalized spacial score (nSPS) is 28.6. The van der Waals surface area contributed by atoms with Crippen LogP contribution in [0.4, 0.5) is 0 Å². The molecule has 1 fully saturated rings. The van der Waals surface area contributed by atoms with Gasteiger partial charge in [-0.1, -0.05) is 0 Å². The van der Waals surface area contributed by atoms with Crippen LogP contribution in [0.1, 0.15) is 6.42 Å². The lowest BCUT2D eigenvalue weighted by atomic mass is 10.3. The monoisotopic (exact) mass is 192 g/mol. The third kappa shape index (κ3) is 2.43. The number of rotatable bonds is 3. The van der Waals surface area contributed by atoms with Gasteiger partial charge in [-0.2, -0.15) is 0 Å². The minimum atomic E-state index is -2.80. The van der Waals surface area contributed by atoms with Crippen molar-refractivity contribution in [2.45, 2.75) is 11.7 Å². The van der Waals surface area contributed by atoms with Gasteiger partial charge in [0.05, 0.1) is 11.0 Å². The molecule has 2 N–H and O–H groups in total. The van der Waals surface area contributed by atoms with Gasteiger partial charge in [0.25, 0.3) is 0 Å². The topological polar surface area (TPSA) is 58.2 Å². The SMILES string of the molecule is CNCCC1CNCCS1(=O)=O. The average Bonchev–Trinajstić information content (AvgIpc) is 2.02. The number of sulfone groups is 1. The van der Waals surface area contributed by atoms with Crippen LogP contribution in [-0.2, 0) is 9.84 Å². The average molecular weight is 192 g/mol. The largest absolute Gasteiger partial charge is 0.320 e. The van der Waals surface area contributed by atoms with E-state index in [0.29, 0.717) is 25.3 Å². The Bertz CT molecular complexity index is 226. The van der Waals surface area contributed by atoms with Gasteiger partial charge >= 0.3 is 0 Å². The lowest BCUT2D eigenvalue weighted by Crippen LogP contribution is -2.44. The zero-order chi connectivity index (χ0) is 9.03. The van der Waals surface area contributed by atoms with Gasteiger partial charge in [-0.05, 0) is 20.0 Å². The van der Waals surface area contributed by atoms with Crippen molar-refractivity contribution in [3.63, 3.8) is 0 Å². The summed E-state index contributed by atoms with van der Waals surface area (Å²) in [6.45, 7) is 1.99. The van der Waals surface area contributed by atoms with Crippen molar-refractivity contribution in [2.24, 2.45) is 0 Å². The van der Waals surface area contributed by atoms with E-state index in [9.17, 15) is 8.42 Å². The molecule has 1 atom stereocenters. The predicted molar refractivity (Wildman–Crippen MR) is 49.0 cm³/mol. The standard InChI is InChI=1S/C7H16N2O2S/c1-8-3-2-7-6-9-4-5-12(7,10)11/h7-9H,2-6H2,1H3. The lowest BCUT2D eigenvalue weighted by molar-refractivity contribution is 0.529. The van der Waals surface area contributed by atoms with Crippen molar-refractivity contribution in [2.75, 3.05) is 32.4 Å². The molecule has 72 valence electrons. The molecule has 1 unspecified atom stereocenters. The van der Waals surface area contributed by atoms with Gasteiger partial charge in [0.1, 0.15) is 0 Å². The van der Waals surface area contributed by atoms with E-state index in [-0.39, 0.29) is 5.25 Å². The van der Waals surface area contributed by atoms with Crippen molar-refractivity contribution in [1.29, 1.82) is 0 Å². The van der Waals surface area contributed by atoms with Crippen LogP contribution in [0.15, 0.2) is 0 Å². The smallest absolute Gasteiger partial charge is 0.155 e. The Morgan fingerprint density at radius 3 is 2.92 bits per heavy atom. The van der Waals surface area contributed by atoms with Crippen molar-refractivity contribution < 1.29 is 8.42 Å². The maximum Gasteiger partial charge on any atom is 0.155 e. The van der Waals surface area contributed by atoms with E-state index < -0.39 is 9.84 Å². The van der Waals surface area contributed by atoms with Crippen LogP contribution in [0.2, 0.25) is 0 Å². The summed E-state index contributed by atoms with van der Waals surface area (Å²) in [5, 5.41) is 5.87.